The van der Waals surface area contributed by atoms with Gasteiger partial charge in [0, 0.05) is 16.6 Å². The molecule has 1 aliphatic carbocycles. The Morgan fingerprint density at radius 1 is 1.12 bits per heavy atom. The van der Waals surface area contributed by atoms with Crippen molar-refractivity contribution in [1.29, 1.82) is 0 Å². The van der Waals surface area contributed by atoms with Crippen LogP contribution >= 0.6 is 11.6 Å². The Hall–Kier alpha value is -2.86. The Morgan fingerprint density at radius 2 is 1.88 bits per heavy atom. The van der Waals surface area contributed by atoms with E-state index in [1.54, 1.807) is 32.0 Å². The molecule has 0 spiro atoms. The molecule has 0 aromatic heterocycles. The number of anilines is 1. The van der Waals surface area contributed by atoms with E-state index in [1.165, 1.54) is 6.42 Å². The summed E-state index contributed by atoms with van der Waals surface area (Å²) in [7, 11) is 0. The van der Waals surface area contributed by atoms with Crippen LogP contribution in [-0.2, 0) is 9.59 Å². The van der Waals surface area contributed by atoms with E-state index in [4.69, 9.17) is 16.3 Å². The van der Waals surface area contributed by atoms with Gasteiger partial charge in [-0.05, 0) is 75.1 Å². The van der Waals surface area contributed by atoms with Crippen molar-refractivity contribution in [3.05, 3.63) is 58.6 Å². The first kappa shape index (κ1) is 23.8. The molecule has 1 saturated carbocycles. The Morgan fingerprint density at radius 3 is 2.59 bits per heavy atom. The minimum atomic E-state index is -0.729. The number of rotatable bonds is 7. The molecule has 2 amide bonds. The van der Waals surface area contributed by atoms with E-state index < -0.39 is 6.10 Å². The molecule has 1 aliphatic rings. The Labute approximate surface area is 194 Å². The van der Waals surface area contributed by atoms with Crippen LogP contribution in [0.4, 0.5) is 5.69 Å². The Balaban J connectivity index is 1.58. The summed E-state index contributed by atoms with van der Waals surface area (Å²) in [4.78, 5) is 24.9. The van der Waals surface area contributed by atoms with Gasteiger partial charge in [-0.1, -0.05) is 43.0 Å². The minimum Gasteiger partial charge on any atom is -0.481 e. The number of aryl methyl sites for hydroxylation is 1. The molecule has 0 unspecified atom stereocenters. The second-order valence-corrected chi connectivity index (χ2v) is 8.68. The fourth-order valence-electron chi connectivity index (χ4n) is 3.71. The lowest BCUT2D eigenvalue weighted by Crippen LogP contribution is -2.34. The molecule has 2 aromatic rings. The number of hydrogen-bond acceptors (Lipinski definition) is 4. The van der Waals surface area contributed by atoms with Gasteiger partial charge in [0.1, 0.15) is 5.75 Å². The molecule has 32 heavy (non-hydrogen) atoms. The Kier molecular flexibility index (Phi) is 8.28. The zero-order valence-electron chi connectivity index (χ0n) is 18.8. The van der Waals surface area contributed by atoms with Crippen molar-refractivity contribution in [1.82, 2.24) is 5.43 Å². The number of halogens is 1. The van der Waals surface area contributed by atoms with Gasteiger partial charge >= 0.3 is 0 Å². The van der Waals surface area contributed by atoms with Crippen molar-refractivity contribution in [3.8, 4) is 5.75 Å². The number of carbonyl (C=O) groups excluding carboxylic acids is 2. The lowest BCUT2D eigenvalue weighted by Gasteiger charge is -2.20. The molecule has 0 heterocycles. The summed E-state index contributed by atoms with van der Waals surface area (Å²) in [6, 6.07) is 12.7. The van der Waals surface area contributed by atoms with Crippen LogP contribution in [0.5, 0.6) is 5.75 Å². The first-order chi connectivity index (χ1) is 15.3. The van der Waals surface area contributed by atoms with Gasteiger partial charge in [0.05, 0.1) is 5.71 Å². The van der Waals surface area contributed by atoms with Crippen molar-refractivity contribution in [3.63, 3.8) is 0 Å². The summed E-state index contributed by atoms with van der Waals surface area (Å²) in [6.45, 7) is 5.33. The van der Waals surface area contributed by atoms with Crippen molar-refractivity contribution in [2.45, 2.75) is 59.0 Å². The second-order valence-electron chi connectivity index (χ2n) is 8.25. The largest absolute Gasteiger partial charge is 0.481 e. The molecule has 2 aromatic carbocycles. The molecule has 7 heteroatoms. The maximum atomic E-state index is 12.5. The number of nitrogens with zero attached hydrogens (tertiary/aromatic N) is 1. The molecule has 0 bridgehead atoms. The third-order valence-electron chi connectivity index (χ3n) is 5.67. The fourth-order valence-corrected chi connectivity index (χ4v) is 3.94. The fraction of sp³-hybridized carbons (Fsp3) is 0.400. The van der Waals surface area contributed by atoms with E-state index in [0.29, 0.717) is 16.5 Å². The highest BCUT2D eigenvalue weighted by molar-refractivity contribution is 6.30. The molecular weight excluding hydrogens is 426 g/mol. The SMILES string of the molecule is C/C(=N\NC(=O)[C@@H](C)Oc1ccc(Cl)cc1C)c1cccc(NC(=O)C2CCCCC2)c1. The molecule has 2 N–H and O–H groups in total. The highest BCUT2D eigenvalue weighted by atomic mass is 35.5. The molecule has 0 saturated heterocycles. The van der Waals surface area contributed by atoms with Crippen LogP contribution in [0.15, 0.2) is 47.6 Å². The van der Waals surface area contributed by atoms with Crippen LogP contribution in [0.2, 0.25) is 5.02 Å². The summed E-state index contributed by atoms with van der Waals surface area (Å²) < 4.78 is 5.73. The topological polar surface area (TPSA) is 79.8 Å². The zero-order valence-corrected chi connectivity index (χ0v) is 19.5. The predicted molar refractivity (Wildman–Crippen MR) is 128 cm³/mol. The molecule has 1 atom stereocenters. The maximum absolute atomic E-state index is 12.5. The summed E-state index contributed by atoms with van der Waals surface area (Å²) in [5.74, 6) is 0.403. The van der Waals surface area contributed by atoms with E-state index >= 15 is 0 Å². The average molecular weight is 456 g/mol. The minimum absolute atomic E-state index is 0.0770. The van der Waals surface area contributed by atoms with E-state index in [0.717, 1.165) is 42.5 Å². The van der Waals surface area contributed by atoms with Crippen LogP contribution < -0.4 is 15.5 Å². The van der Waals surface area contributed by atoms with Gasteiger partial charge in [-0.3, -0.25) is 9.59 Å². The van der Waals surface area contributed by atoms with Gasteiger partial charge in [0.15, 0.2) is 6.10 Å². The molecule has 0 radical (unpaired) electrons. The number of carbonyl (C=O) groups is 2. The van der Waals surface area contributed by atoms with Crippen molar-refractivity contribution < 1.29 is 14.3 Å². The number of benzene rings is 2. The average Bonchev–Trinajstić information content (AvgIpc) is 2.79. The maximum Gasteiger partial charge on any atom is 0.280 e. The summed E-state index contributed by atoms with van der Waals surface area (Å²) in [6.07, 6.45) is 4.62. The number of hydrogen-bond donors (Lipinski definition) is 2. The Bertz CT molecular complexity index is 1000. The second kappa shape index (κ2) is 11.1. The molecule has 1 fully saturated rings. The first-order valence-corrected chi connectivity index (χ1v) is 11.4. The lowest BCUT2D eigenvalue weighted by molar-refractivity contribution is -0.127. The molecule has 3 rings (SSSR count). The van der Waals surface area contributed by atoms with Gasteiger partial charge in [-0.25, -0.2) is 5.43 Å². The smallest absolute Gasteiger partial charge is 0.280 e. The third kappa shape index (κ3) is 6.57. The molecular formula is C25H30ClN3O3. The summed E-state index contributed by atoms with van der Waals surface area (Å²) in [5, 5.41) is 7.84. The monoisotopic (exact) mass is 455 g/mol. The van der Waals surface area contributed by atoms with E-state index in [-0.39, 0.29) is 17.7 Å². The van der Waals surface area contributed by atoms with Crippen molar-refractivity contribution in [2.24, 2.45) is 11.0 Å². The van der Waals surface area contributed by atoms with Gasteiger partial charge < -0.3 is 10.1 Å². The quantitative estimate of drug-likeness (QED) is 0.428. The standard InChI is InChI=1S/C25H30ClN3O3/c1-16-14-21(26)12-13-23(16)32-18(3)24(30)29-28-17(2)20-10-7-11-22(15-20)27-25(31)19-8-5-4-6-9-19/h7,10-15,18-19H,4-6,8-9H2,1-3H3,(H,27,31)(H,29,30)/b28-17+/t18-/m1/s1. The first-order valence-electron chi connectivity index (χ1n) is 11.0. The summed E-state index contributed by atoms with van der Waals surface area (Å²) in [5.41, 5.74) is 5.58. The number of nitrogens with one attached hydrogen (secondary N) is 2. The van der Waals surface area contributed by atoms with Gasteiger partial charge in [0.2, 0.25) is 5.91 Å². The normalized spacial score (nSPS) is 15.7. The van der Waals surface area contributed by atoms with Gasteiger partial charge in [0.25, 0.3) is 5.91 Å². The number of ether oxygens (including phenoxy) is 1. The van der Waals surface area contributed by atoms with Gasteiger partial charge in [-0.15, -0.1) is 0 Å². The lowest BCUT2D eigenvalue weighted by atomic mass is 9.88. The predicted octanol–water partition coefficient (Wildman–Crippen LogP) is 5.47. The molecule has 6 nitrogen and oxygen atoms in total. The number of hydrazone groups is 1. The van der Waals surface area contributed by atoms with Crippen LogP contribution in [0.25, 0.3) is 0 Å². The highest BCUT2D eigenvalue weighted by Gasteiger charge is 2.21. The van der Waals surface area contributed by atoms with E-state index in [9.17, 15) is 9.59 Å². The van der Waals surface area contributed by atoms with Crippen molar-refractivity contribution in [2.75, 3.05) is 5.32 Å². The van der Waals surface area contributed by atoms with Crippen LogP contribution in [-0.4, -0.2) is 23.6 Å². The van der Waals surface area contributed by atoms with Crippen LogP contribution in [0.1, 0.15) is 57.1 Å². The summed E-state index contributed by atoms with van der Waals surface area (Å²) >= 11 is 5.96. The van der Waals surface area contributed by atoms with Gasteiger partial charge in [-0.2, -0.15) is 5.10 Å². The molecule has 170 valence electrons. The van der Waals surface area contributed by atoms with Crippen LogP contribution in [0.3, 0.4) is 0 Å². The zero-order chi connectivity index (χ0) is 23.1. The third-order valence-corrected chi connectivity index (χ3v) is 5.90. The van der Waals surface area contributed by atoms with E-state index in [1.807, 2.05) is 31.2 Å². The van der Waals surface area contributed by atoms with Crippen molar-refractivity contribution >= 4 is 34.8 Å². The highest BCUT2D eigenvalue weighted by Crippen LogP contribution is 2.25. The van der Waals surface area contributed by atoms with E-state index in [2.05, 4.69) is 15.8 Å². The number of amides is 2. The molecule has 0 aliphatic heterocycles. The van der Waals surface area contributed by atoms with Crippen LogP contribution in [0, 0.1) is 12.8 Å².